The fourth-order valence-corrected chi connectivity index (χ4v) is 6.85. The molecule has 0 bridgehead atoms. The highest BCUT2D eigenvalue weighted by atomic mass is 35.5. The van der Waals surface area contributed by atoms with Crippen LogP contribution in [0.15, 0.2) is 70.1 Å². The van der Waals surface area contributed by atoms with Crippen LogP contribution in [0.3, 0.4) is 0 Å². The van der Waals surface area contributed by atoms with Gasteiger partial charge in [0.25, 0.3) is 5.03 Å². The van der Waals surface area contributed by atoms with E-state index in [0.717, 1.165) is 9.82 Å². The molecule has 0 fully saturated rings. The van der Waals surface area contributed by atoms with Crippen molar-refractivity contribution >= 4 is 67.0 Å². The summed E-state index contributed by atoms with van der Waals surface area (Å²) in [6.45, 7) is 4.59. The van der Waals surface area contributed by atoms with E-state index < -0.39 is 44.6 Å². The summed E-state index contributed by atoms with van der Waals surface area (Å²) in [4.78, 5) is 21.3. The Morgan fingerprint density at radius 1 is 1.24 bits per heavy atom. The highest BCUT2D eigenvalue weighted by Crippen LogP contribution is 2.33. The van der Waals surface area contributed by atoms with E-state index in [4.69, 9.17) is 27.9 Å². The van der Waals surface area contributed by atoms with Crippen molar-refractivity contribution in [2.24, 2.45) is 0 Å². The van der Waals surface area contributed by atoms with Gasteiger partial charge in [0.15, 0.2) is 5.82 Å². The predicted octanol–water partition coefficient (Wildman–Crippen LogP) is 4.65. The Morgan fingerprint density at radius 3 is 2.58 bits per heavy atom. The van der Waals surface area contributed by atoms with Crippen molar-refractivity contribution in [3.05, 3.63) is 65.1 Å². The topological polar surface area (TPSA) is 117 Å². The highest BCUT2D eigenvalue weighted by Gasteiger charge is 2.35. The molecule has 1 aliphatic rings. The van der Waals surface area contributed by atoms with Gasteiger partial charge in [-0.2, -0.15) is 0 Å². The van der Waals surface area contributed by atoms with Gasteiger partial charge in [0, 0.05) is 39.2 Å². The average molecular weight is 598 g/mol. The number of carbonyl (C=O) groups excluding carboxylic acids is 1. The van der Waals surface area contributed by atoms with E-state index in [1.165, 1.54) is 30.8 Å². The molecule has 0 amide bonds. The Morgan fingerprint density at radius 2 is 1.97 bits per heavy atom. The third-order valence-corrected chi connectivity index (χ3v) is 8.86. The molecular weight excluding hydrogens is 571 g/mol. The average Bonchev–Trinajstić information content (AvgIpc) is 3.24. The third kappa shape index (κ3) is 6.35. The van der Waals surface area contributed by atoms with E-state index in [1.807, 2.05) is 0 Å². The number of esters is 1. The van der Waals surface area contributed by atoms with Crippen molar-refractivity contribution < 1.29 is 22.5 Å². The molecule has 0 spiro atoms. The third-order valence-electron chi connectivity index (χ3n) is 5.54. The van der Waals surface area contributed by atoms with Crippen LogP contribution in [0, 0.1) is 0 Å². The van der Waals surface area contributed by atoms with Gasteiger partial charge >= 0.3 is 5.97 Å². The van der Waals surface area contributed by atoms with Gasteiger partial charge in [0.1, 0.15) is 29.8 Å². The number of halogens is 2. The van der Waals surface area contributed by atoms with Crippen molar-refractivity contribution in [2.45, 2.75) is 43.1 Å². The molecule has 4 rings (SSSR count). The minimum Gasteiger partial charge on any atom is -0.610 e. The van der Waals surface area contributed by atoms with E-state index in [1.54, 1.807) is 55.8 Å². The van der Waals surface area contributed by atoms with Gasteiger partial charge < -0.3 is 9.29 Å². The first-order valence-electron chi connectivity index (χ1n) is 11.5. The highest BCUT2D eigenvalue weighted by molar-refractivity contribution is 7.93. The van der Waals surface area contributed by atoms with Crippen LogP contribution in [0.25, 0.3) is 16.7 Å². The molecule has 0 radical (unpaired) electrons. The number of ether oxygens (including phenoxy) is 1. The summed E-state index contributed by atoms with van der Waals surface area (Å²) in [6, 6.07) is 6.80. The second-order valence-electron chi connectivity index (χ2n) is 9.62. The number of carbonyl (C=O) groups is 1. The zero-order chi connectivity index (χ0) is 27.8. The lowest BCUT2D eigenvalue weighted by Crippen LogP contribution is -2.43. The lowest BCUT2D eigenvalue weighted by atomic mass is 10.2. The molecule has 38 heavy (non-hydrogen) atoms. The van der Waals surface area contributed by atoms with Crippen LogP contribution in [0.5, 0.6) is 0 Å². The monoisotopic (exact) mass is 596 g/mol. The lowest BCUT2D eigenvalue weighted by Gasteiger charge is -2.30. The number of aromatic nitrogens is 3. The number of allylic oxidation sites excluding steroid dienone is 3. The number of hydrogen-bond donors (Lipinski definition) is 0. The molecule has 2 atom stereocenters. The molecule has 1 aromatic carbocycles. The quantitative estimate of drug-likeness (QED) is 0.287. The molecule has 2 aromatic heterocycles. The molecule has 2 unspecified atom stereocenters. The molecule has 13 heteroatoms. The Bertz CT molecular complexity index is 1530. The fourth-order valence-electron chi connectivity index (χ4n) is 3.93. The number of benzene rings is 1. The maximum atomic E-state index is 13.8. The molecular formula is C25H26Cl2N4O5S2. The lowest BCUT2D eigenvalue weighted by molar-refractivity contribution is -0.152. The Hall–Kier alpha value is -2.57. The second-order valence-corrected chi connectivity index (χ2v) is 13.9. The number of hydrogen-bond acceptors (Lipinski definition) is 7. The summed E-state index contributed by atoms with van der Waals surface area (Å²) >= 11 is 11.0. The summed E-state index contributed by atoms with van der Waals surface area (Å²) in [6.07, 6.45) is 9.18. The summed E-state index contributed by atoms with van der Waals surface area (Å²) in [7, 11) is -4.13. The van der Waals surface area contributed by atoms with Gasteiger partial charge in [0.2, 0.25) is 10.0 Å². The number of anilines is 1. The van der Waals surface area contributed by atoms with Gasteiger partial charge in [-0.1, -0.05) is 23.2 Å². The van der Waals surface area contributed by atoms with Crippen molar-refractivity contribution in [1.82, 2.24) is 14.5 Å². The van der Waals surface area contributed by atoms with Gasteiger partial charge in [0.05, 0.1) is 17.4 Å². The molecule has 0 saturated heterocycles. The van der Waals surface area contributed by atoms with Gasteiger partial charge in [-0.3, -0.25) is 13.7 Å². The summed E-state index contributed by atoms with van der Waals surface area (Å²) in [5, 5.41) is 0.510. The van der Waals surface area contributed by atoms with Gasteiger partial charge in [-0.15, -0.1) is 0 Å². The van der Waals surface area contributed by atoms with E-state index >= 15 is 0 Å². The van der Waals surface area contributed by atoms with Crippen LogP contribution in [0.2, 0.25) is 0 Å². The van der Waals surface area contributed by atoms with Gasteiger partial charge in [-0.05, 0) is 57.2 Å². The first-order valence-corrected chi connectivity index (χ1v) is 15.3. The van der Waals surface area contributed by atoms with Crippen molar-refractivity contribution in [2.75, 3.05) is 17.1 Å². The summed E-state index contributed by atoms with van der Waals surface area (Å²) in [5.41, 5.74) is 0.211. The van der Waals surface area contributed by atoms with E-state index in [-0.39, 0.29) is 17.1 Å². The minimum atomic E-state index is -4.13. The van der Waals surface area contributed by atoms with Crippen LogP contribution in [0.1, 0.15) is 27.2 Å². The maximum Gasteiger partial charge on any atom is 0.327 e. The van der Waals surface area contributed by atoms with Crippen molar-refractivity contribution in [3.63, 3.8) is 0 Å². The number of fused-ring (bicyclic) bond motifs is 1. The van der Waals surface area contributed by atoms with Crippen molar-refractivity contribution in [1.29, 1.82) is 0 Å². The molecule has 0 saturated carbocycles. The zero-order valence-corrected chi connectivity index (χ0v) is 24.2. The molecule has 202 valence electrons. The Labute approximate surface area is 234 Å². The molecule has 9 nitrogen and oxygen atoms in total. The van der Waals surface area contributed by atoms with Gasteiger partial charge in [-0.25, -0.2) is 18.4 Å². The molecule has 0 N–H and O–H groups in total. The summed E-state index contributed by atoms with van der Waals surface area (Å²) < 4.78 is 47.5. The molecule has 2 heterocycles. The Balaban J connectivity index is 1.74. The van der Waals surface area contributed by atoms with E-state index in [9.17, 15) is 17.8 Å². The fraction of sp³-hybridized carbons (Fsp3) is 0.320. The second kappa shape index (κ2) is 10.9. The van der Waals surface area contributed by atoms with Crippen molar-refractivity contribution in [3.8, 4) is 5.82 Å². The molecule has 1 aliphatic carbocycles. The van der Waals surface area contributed by atoms with Crippen LogP contribution >= 0.6 is 23.2 Å². The maximum absolute atomic E-state index is 13.8. The molecule has 0 aliphatic heterocycles. The first kappa shape index (κ1) is 28.4. The number of rotatable bonds is 7. The predicted molar refractivity (Wildman–Crippen MR) is 150 cm³/mol. The summed E-state index contributed by atoms with van der Waals surface area (Å²) in [5.74, 6) is -0.196. The zero-order valence-electron chi connectivity index (χ0n) is 21.1. The standard InChI is InChI=1S/C25H26Cl2N4O5S2/c1-25(2,3)36-24(32)15-31(38(34,35)20-11-17(26)10-18(27)12-20)19-5-6-21-16(9-19)7-8-30(21)22-13-29-23(14-28-22)37(4)33/h5-11,13-14,20H,12,15H2,1-4H3. The van der Waals surface area contributed by atoms with Crippen LogP contribution in [-0.4, -0.2) is 57.1 Å². The largest absolute Gasteiger partial charge is 0.610 e. The minimum absolute atomic E-state index is 0.0285. The van der Waals surface area contributed by atoms with Crippen LogP contribution in [0.4, 0.5) is 5.69 Å². The number of sulfonamides is 1. The smallest absolute Gasteiger partial charge is 0.327 e. The van der Waals surface area contributed by atoms with Crippen LogP contribution < -0.4 is 4.31 Å². The SMILES string of the molecule is C[S+]([O-])c1cnc(-n2ccc3cc(N(CC(=O)OC(C)(C)C)S(=O)(=O)C4C=C(Cl)C=C(Cl)C4)ccc32)cn1. The normalized spacial score (nSPS) is 17.1. The molecule has 3 aromatic rings. The van der Waals surface area contributed by atoms with E-state index in [2.05, 4.69) is 9.97 Å². The Kier molecular flexibility index (Phi) is 8.15. The van der Waals surface area contributed by atoms with Crippen LogP contribution in [-0.2, 0) is 30.7 Å². The first-order chi connectivity index (χ1) is 17.7. The number of nitrogens with zero attached hydrogens (tertiary/aromatic N) is 4. The van der Waals surface area contributed by atoms with E-state index in [0.29, 0.717) is 21.3 Å².